The number of rotatable bonds is 5. The van der Waals surface area contributed by atoms with Crippen LogP contribution in [0.1, 0.15) is 11.5 Å². The van der Waals surface area contributed by atoms with Gasteiger partial charge >= 0.3 is 0 Å². The van der Waals surface area contributed by atoms with E-state index in [9.17, 15) is 4.79 Å². The van der Waals surface area contributed by atoms with E-state index in [-0.39, 0.29) is 5.56 Å². The van der Waals surface area contributed by atoms with Crippen LogP contribution in [0.5, 0.6) is 0 Å². The van der Waals surface area contributed by atoms with Crippen molar-refractivity contribution in [1.82, 2.24) is 15.3 Å². The lowest BCUT2D eigenvalue weighted by atomic mass is 10.4. The third kappa shape index (κ3) is 4.38. The molecule has 0 aliphatic rings. The van der Waals surface area contributed by atoms with Crippen LogP contribution in [0, 0.1) is 0 Å². The van der Waals surface area contributed by atoms with E-state index in [0.717, 1.165) is 10.6 Å². The maximum absolute atomic E-state index is 11.5. The summed E-state index contributed by atoms with van der Waals surface area (Å²) < 4.78 is 0. The third-order valence-corrected chi connectivity index (χ3v) is 3.61. The van der Waals surface area contributed by atoms with Crippen LogP contribution in [0.25, 0.3) is 0 Å². The number of nitrogens with one attached hydrogen (secondary N) is 2. The molecule has 1 heterocycles. The van der Waals surface area contributed by atoms with Crippen LogP contribution in [0.2, 0.25) is 5.02 Å². The highest BCUT2D eigenvalue weighted by Gasteiger charge is 2.02. The van der Waals surface area contributed by atoms with Gasteiger partial charge in [-0.3, -0.25) is 4.79 Å². The van der Waals surface area contributed by atoms with E-state index in [1.165, 1.54) is 6.07 Å². The maximum Gasteiger partial charge on any atom is 0.251 e. The van der Waals surface area contributed by atoms with E-state index in [2.05, 4.69) is 15.3 Å². The van der Waals surface area contributed by atoms with Crippen molar-refractivity contribution < 1.29 is 0 Å². The number of aromatic nitrogens is 2. The van der Waals surface area contributed by atoms with Gasteiger partial charge in [0, 0.05) is 22.5 Å². The zero-order valence-corrected chi connectivity index (χ0v) is 12.0. The fourth-order valence-corrected chi connectivity index (χ4v) is 2.69. The molecule has 1 aromatic heterocycles. The molecular formula is C13H14ClN3OS. The summed E-state index contributed by atoms with van der Waals surface area (Å²) in [5.41, 5.74) is 0.620. The van der Waals surface area contributed by atoms with Crippen LogP contribution < -0.4 is 10.9 Å². The van der Waals surface area contributed by atoms with E-state index in [0.29, 0.717) is 23.1 Å². The third-order valence-electron chi connectivity index (χ3n) is 2.37. The fourth-order valence-electron chi connectivity index (χ4n) is 1.61. The van der Waals surface area contributed by atoms with Crippen molar-refractivity contribution in [2.75, 3.05) is 7.05 Å². The Hall–Kier alpha value is -1.30. The monoisotopic (exact) mass is 295 g/mol. The van der Waals surface area contributed by atoms with Crippen LogP contribution >= 0.6 is 23.4 Å². The SMILES string of the molecule is CNCc1cc(=O)[nH]c(CSc2cccc(Cl)c2)n1. The van der Waals surface area contributed by atoms with Crippen LogP contribution in [0.3, 0.4) is 0 Å². The van der Waals surface area contributed by atoms with E-state index in [1.54, 1.807) is 11.8 Å². The molecule has 19 heavy (non-hydrogen) atoms. The Morgan fingerprint density at radius 2 is 2.26 bits per heavy atom. The van der Waals surface area contributed by atoms with Crippen LogP contribution in [-0.2, 0) is 12.3 Å². The van der Waals surface area contributed by atoms with Crippen LogP contribution in [-0.4, -0.2) is 17.0 Å². The average Bonchev–Trinajstić information content (AvgIpc) is 2.36. The Labute approximate surface area is 120 Å². The molecule has 2 rings (SSSR count). The van der Waals surface area contributed by atoms with E-state index in [4.69, 9.17) is 11.6 Å². The number of H-pyrrole nitrogens is 1. The normalized spacial score (nSPS) is 10.6. The summed E-state index contributed by atoms with van der Waals surface area (Å²) in [6, 6.07) is 9.11. The molecule has 0 atom stereocenters. The molecule has 4 nitrogen and oxygen atoms in total. The van der Waals surface area contributed by atoms with Gasteiger partial charge in [-0.2, -0.15) is 0 Å². The van der Waals surface area contributed by atoms with Gasteiger partial charge in [0.1, 0.15) is 5.82 Å². The van der Waals surface area contributed by atoms with Gasteiger partial charge in [-0.25, -0.2) is 4.98 Å². The lowest BCUT2D eigenvalue weighted by Crippen LogP contribution is -2.16. The van der Waals surface area contributed by atoms with Gasteiger partial charge < -0.3 is 10.3 Å². The second-order valence-electron chi connectivity index (χ2n) is 3.96. The molecule has 100 valence electrons. The Morgan fingerprint density at radius 1 is 1.42 bits per heavy atom. The second-order valence-corrected chi connectivity index (χ2v) is 5.44. The second kappa shape index (κ2) is 6.75. The molecule has 0 radical (unpaired) electrons. The van der Waals surface area contributed by atoms with Crippen molar-refractivity contribution in [2.45, 2.75) is 17.2 Å². The van der Waals surface area contributed by atoms with Gasteiger partial charge in [0.2, 0.25) is 0 Å². The van der Waals surface area contributed by atoms with Crippen LogP contribution in [0.15, 0.2) is 40.0 Å². The summed E-state index contributed by atoms with van der Waals surface area (Å²) in [6.45, 7) is 0.582. The Kier molecular flexibility index (Phi) is 5.01. The van der Waals surface area contributed by atoms with E-state index >= 15 is 0 Å². The zero-order valence-electron chi connectivity index (χ0n) is 10.4. The smallest absolute Gasteiger partial charge is 0.251 e. The summed E-state index contributed by atoms with van der Waals surface area (Å²) in [5, 5.41) is 3.68. The number of halogens is 1. The first-order valence-corrected chi connectivity index (χ1v) is 7.16. The van der Waals surface area contributed by atoms with E-state index in [1.807, 2.05) is 31.3 Å². The first-order valence-electron chi connectivity index (χ1n) is 5.79. The largest absolute Gasteiger partial charge is 0.314 e. The van der Waals surface area contributed by atoms with Crippen molar-refractivity contribution in [3.8, 4) is 0 Å². The molecule has 0 fully saturated rings. The quantitative estimate of drug-likeness (QED) is 0.832. The maximum atomic E-state index is 11.5. The van der Waals surface area contributed by atoms with Crippen molar-refractivity contribution in [2.24, 2.45) is 0 Å². The number of nitrogens with zero attached hydrogens (tertiary/aromatic N) is 1. The van der Waals surface area contributed by atoms with Crippen LogP contribution in [0.4, 0.5) is 0 Å². The van der Waals surface area contributed by atoms with Crippen molar-refractivity contribution in [3.63, 3.8) is 0 Å². The van der Waals surface area contributed by atoms with Crippen molar-refractivity contribution in [3.05, 3.63) is 57.2 Å². The summed E-state index contributed by atoms with van der Waals surface area (Å²) in [5.74, 6) is 1.27. The van der Waals surface area contributed by atoms with Crippen molar-refractivity contribution >= 4 is 23.4 Å². The topological polar surface area (TPSA) is 57.8 Å². The lowest BCUT2D eigenvalue weighted by Gasteiger charge is -2.04. The predicted octanol–water partition coefficient (Wildman–Crippen LogP) is 2.44. The molecule has 1 aromatic carbocycles. The molecule has 2 aromatic rings. The fraction of sp³-hybridized carbons (Fsp3) is 0.231. The zero-order chi connectivity index (χ0) is 13.7. The first kappa shape index (κ1) is 14.1. The van der Waals surface area contributed by atoms with Gasteiger partial charge in [0.05, 0.1) is 11.4 Å². The molecule has 0 bridgehead atoms. The Bertz CT molecular complexity index is 615. The highest BCUT2D eigenvalue weighted by atomic mass is 35.5. The van der Waals surface area contributed by atoms with Gasteiger partial charge in [-0.1, -0.05) is 17.7 Å². The lowest BCUT2D eigenvalue weighted by molar-refractivity contribution is 0.773. The first-order chi connectivity index (χ1) is 9.17. The molecule has 0 aliphatic carbocycles. The molecule has 0 amide bonds. The molecule has 0 saturated heterocycles. The summed E-state index contributed by atoms with van der Waals surface area (Å²) in [4.78, 5) is 19.7. The molecule has 0 saturated carbocycles. The summed E-state index contributed by atoms with van der Waals surface area (Å²) >= 11 is 7.51. The van der Waals surface area contributed by atoms with Crippen molar-refractivity contribution in [1.29, 1.82) is 0 Å². The van der Waals surface area contributed by atoms with Gasteiger partial charge in [-0.05, 0) is 25.2 Å². The minimum atomic E-state index is -0.123. The highest BCUT2D eigenvalue weighted by Crippen LogP contribution is 2.23. The molecule has 0 spiro atoms. The van der Waals surface area contributed by atoms with Gasteiger partial charge in [0.15, 0.2) is 0 Å². The molecule has 2 N–H and O–H groups in total. The Balaban J connectivity index is 2.09. The molecule has 0 unspecified atom stereocenters. The molecular weight excluding hydrogens is 282 g/mol. The summed E-state index contributed by atoms with van der Waals surface area (Å²) in [6.07, 6.45) is 0. The minimum Gasteiger partial charge on any atom is -0.314 e. The minimum absolute atomic E-state index is 0.123. The molecule has 6 heteroatoms. The predicted molar refractivity (Wildman–Crippen MR) is 78.6 cm³/mol. The van der Waals surface area contributed by atoms with Gasteiger partial charge in [0.25, 0.3) is 5.56 Å². The number of hydrogen-bond acceptors (Lipinski definition) is 4. The highest BCUT2D eigenvalue weighted by molar-refractivity contribution is 7.98. The number of aromatic amines is 1. The number of benzene rings is 1. The average molecular weight is 296 g/mol. The molecule has 0 aliphatic heterocycles. The van der Waals surface area contributed by atoms with E-state index < -0.39 is 0 Å². The Morgan fingerprint density at radius 3 is 3.00 bits per heavy atom. The van der Waals surface area contributed by atoms with Gasteiger partial charge in [-0.15, -0.1) is 11.8 Å². The number of hydrogen-bond donors (Lipinski definition) is 2. The standard InChI is InChI=1S/C13H14ClN3OS/c1-15-7-10-6-13(18)17-12(16-10)8-19-11-4-2-3-9(14)5-11/h2-6,15H,7-8H2,1H3,(H,16,17,18). The number of thioether (sulfide) groups is 1. The summed E-state index contributed by atoms with van der Waals surface area (Å²) in [7, 11) is 1.82.